The van der Waals surface area contributed by atoms with Crippen molar-refractivity contribution in [1.29, 1.82) is 0 Å². The third-order valence-electron chi connectivity index (χ3n) is 3.35. The molecule has 1 aromatic heterocycles. The number of hydrogen-bond donors (Lipinski definition) is 1. The zero-order valence-corrected chi connectivity index (χ0v) is 13.7. The number of benzene rings is 1. The topological polar surface area (TPSA) is 54.9 Å². The van der Waals surface area contributed by atoms with Crippen molar-refractivity contribution in [3.63, 3.8) is 0 Å². The highest BCUT2D eigenvalue weighted by molar-refractivity contribution is 7.98. The van der Waals surface area contributed by atoms with Crippen molar-refractivity contribution < 1.29 is 0 Å². The summed E-state index contributed by atoms with van der Waals surface area (Å²) >= 11 is 7.71. The van der Waals surface area contributed by atoms with Crippen molar-refractivity contribution in [2.75, 3.05) is 12.0 Å². The molecule has 112 valence electrons. The molecule has 1 N–H and O–H groups in total. The van der Waals surface area contributed by atoms with Gasteiger partial charge < -0.3 is 0 Å². The van der Waals surface area contributed by atoms with Gasteiger partial charge in [-0.25, -0.2) is 4.79 Å². The first-order chi connectivity index (χ1) is 9.97. The highest BCUT2D eigenvalue weighted by atomic mass is 35.5. The van der Waals surface area contributed by atoms with Crippen LogP contribution in [-0.2, 0) is 0 Å². The van der Waals surface area contributed by atoms with Crippen LogP contribution in [0.25, 0.3) is 11.1 Å². The van der Waals surface area contributed by atoms with Gasteiger partial charge in [0.25, 0.3) is 5.56 Å². The molecule has 2 aromatic rings. The van der Waals surface area contributed by atoms with Crippen molar-refractivity contribution >= 4 is 23.4 Å². The molecule has 2 rings (SSSR count). The Hall–Kier alpha value is -1.46. The van der Waals surface area contributed by atoms with Gasteiger partial charge in [0.05, 0.1) is 5.56 Å². The number of aromatic nitrogens is 2. The number of rotatable bonds is 4. The first kappa shape index (κ1) is 15.9. The maximum absolute atomic E-state index is 12.7. The van der Waals surface area contributed by atoms with Crippen LogP contribution in [0.15, 0.2) is 33.9 Å². The van der Waals surface area contributed by atoms with E-state index < -0.39 is 5.69 Å². The fourth-order valence-corrected chi connectivity index (χ4v) is 3.22. The summed E-state index contributed by atoms with van der Waals surface area (Å²) in [6.45, 7) is 3.76. The van der Waals surface area contributed by atoms with E-state index in [1.165, 1.54) is 4.57 Å². The number of halogens is 1. The Morgan fingerprint density at radius 2 is 2.00 bits per heavy atom. The molecule has 0 spiro atoms. The van der Waals surface area contributed by atoms with Crippen LogP contribution in [0.3, 0.4) is 0 Å². The Morgan fingerprint density at radius 3 is 2.62 bits per heavy atom. The third-order valence-corrected chi connectivity index (χ3v) is 4.45. The van der Waals surface area contributed by atoms with Gasteiger partial charge in [-0.05, 0) is 31.2 Å². The van der Waals surface area contributed by atoms with Crippen molar-refractivity contribution in [1.82, 2.24) is 9.55 Å². The molecule has 21 heavy (non-hydrogen) atoms. The van der Waals surface area contributed by atoms with Crippen LogP contribution in [0.1, 0.15) is 18.5 Å². The lowest BCUT2D eigenvalue weighted by Gasteiger charge is -2.15. The van der Waals surface area contributed by atoms with Gasteiger partial charge in [-0.2, -0.15) is 11.8 Å². The fourth-order valence-electron chi connectivity index (χ4n) is 2.33. The molecule has 4 nitrogen and oxygen atoms in total. The van der Waals surface area contributed by atoms with Gasteiger partial charge in [-0.1, -0.05) is 35.9 Å². The second kappa shape index (κ2) is 6.54. The van der Waals surface area contributed by atoms with Crippen LogP contribution in [0.5, 0.6) is 0 Å². The van der Waals surface area contributed by atoms with E-state index in [0.29, 0.717) is 11.3 Å². The molecular formula is C15H17ClN2O2S. The summed E-state index contributed by atoms with van der Waals surface area (Å²) in [4.78, 5) is 27.4. The van der Waals surface area contributed by atoms with E-state index in [1.807, 2.05) is 44.4 Å². The van der Waals surface area contributed by atoms with Gasteiger partial charge in [0.1, 0.15) is 5.15 Å². The molecule has 0 saturated carbocycles. The van der Waals surface area contributed by atoms with E-state index in [9.17, 15) is 9.59 Å². The number of aromatic amines is 1. The van der Waals surface area contributed by atoms with Crippen LogP contribution in [0.2, 0.25) is 5.15 Å². The zero-order valence-electron chi connectivity index (χ0n) is 12.1. The molecule has 0 saturated heterocycles. The molecule has 0 aliphatic rings. The summed E-state index contributed by atoms with van der Waals surface area (Å²) in [5.41, 5.74) is 1.22. The Balaban J connectivity index is 2.74. The van der Waals surface area contributed by atoms with Crippen LogP contribution in [-0.4, -0.2) is 21.6 Å². The van der Waals surface area contributed by atoms with E-state index in [-0.39, 0.29) is 16.8 Å². The summed E-state index contributed by atoms with van der Waals surface area (Å²) < 4.78 is 1.24. The molecule has 0 aliphatic carbocycles. The number of thioether (sulfide) groups is 1. The van der Waals surface area contributed by atoms with E-state index >= 15 is 0 Å². The second-order valence-corrected chi connectivity index (χ2v) is 6.20. The lowest BCUT2D eigenvalue weighted by Crippen LogP contribution is -2.39. The minimum Gasteiger partial charge on any atom is -0.297 e. The summed E-state index contributed by atoms with van der Waals surface area (Å²) in [5, 5.41) is 0.0897. The van der Waals surface area contributed by atoms with E-state index in [2.05, 4.69) is 4.98 Å². The van der Waals surface area contributed by atoms with Crippen molar-refractivity contribution in [2.45, 2.75) is 19.9 Å². The number of nitrogens with zero attached hydrogens (tertiary/aromatic N) is 1. The average Bonchev–Trinajstić information content (AvgIpc) is 2.40. The Morgan fingerprint density at radius 1 is 1.33 bits per heavy atom. The van der Waals surface area contributed by atoms with Gasteiger partial charge in [-0.15, -0.1) is 0 Å². The normalized spacial score (nSPS) is 12.4. The summed E-state index contributed by atoms with van der Waals surface area (Å²) in [6.07, 6.45) is 1.94. The minimum absolute atomic E-state index is 0.0897. The largest absolute Gasteiger partial charge is 0.329 e. The predicted octanol–water partition coefficient (Wildman–Crippen LogP) is 3.09. The maximum Gasteiger partial charge on any atom is 0.329 e. The van der Waals surface area contributed by atoms with Gasteiger partial charge in [0.2, 0.25) is 0 Å². The fraction of sp³-hybridized carbons (Fsp3) is 0.333. The highest BCUT2D eigenvalue weighted by Crippen LogP contribution is 2.25. The predicted molar refractivity (Wildman–Crippen MR) is 89.6 cm³/mol. The quantitative estimate of drug-likeness (QED) is 0.879. The molecule has 0 radical (unpaired) electrons. The van der Waals surface area contributed by atoms with Crippen LogP contribution in [0, 0.1) is 6.92 Å². The SMILES string of the molecule is CSCC(C)n1c(=O)[nH]c(Cl)c(-c2ccccc2C)c1=O. The van der Waals surface area contributed by atoms with Gasteiger partial charge >= 0.3 is 5.69 Å². The minimum atomic E-state index is -0.469. The Kier molecular flexibility index (Phi) is 4.96. The average molecular weight is 325 g/mol. The number of hydrogen-bond acceptors (Lipinski definition) is 3. The van der Waals surface area contributed by atoms with Gasteiger partial charge in [-0.3, -0.25) is 14.3 Å². The molecule has 0 bridgehead atoms. The third kappa shape index (κ3) is 3.09. The zero-order chi connectivity index (χ0) is 15.6. The standard InChI is InChI=1S/C15H17ClN2O2S/c1-9-6-4-5-7-11(9)12-13(16)17-15(20)18(14(12)19)10(2)8-21-3/h4-7,10H,8H2,1-3H3,(H,17,20). The lowest BCUT2D eigenvalue weighted by molar-refractivity contribution is 0.555. The van der Waals surface area contributed by atoms with Crippen LogP contribution < -0.4 is 11.2 Å². The maximum atomic E-state index is 12.7. The summed E-state index contributed by atoms with van der Waals surface area (Å²) in [5.74, 6) is 0.678. The van der Waals surface area contributed by atoms with Gasteiger partial charge in [0.15, 0.2) is 0 Å². The number of H-pyrrole nitrogens is 1. The van der Waals surface area contributed by atoms with Crippen LogP contribution >= 0.6 is 23.4 Å². The number of nitrogens with one attached hydrogen (secondary N) is 1. The van der Waals surface area contributed by atoms with E-state index in [1.54, 1.807) is 11.8 Å². The first-order valence-corrected chi connectivity index (χ1v) is 8.33. The molecule has 1 aromatic carbocycles. The first-order valence-electron chi connectivity index (χ1n) is 6.56. The Labute approximate surface area is 132 Å². The van der Waals surface area contributed by atoms with Gasteiger partial charge in [0, 0.05) is 11.8 Å². The molecule has 6 heteroatoms. The van der Waals surface area contributed by atoms with Crippen molar-refractivity contribution in [3.8, 4) is 11.1 Å². The van der Waals surface area contributed by atoms with Crippen LogP contribution in [0.4, 0.5) is 0 Å². The smallest absolute Gasteiger partial charge is 0.297 e. The molecule has 1 atom stereocenters. The van der Waals surface area contributed by atoms with Crippen molar-refractivity contribution in [3.05, 3.63) is 55.8 Å². The molecule has 0 amide bonds. The molecule has 0 fully saturated rings. The molecule has 0 aliphatic heterocycles. The van der Waals surface area contributed by atoms with Crippen molar-refractivity contribution in [2.24, 2.45) is 0 Å². The lowest BCUT2D eigenvalue weighted by atomic mass is 10.0. The number of aryl methyl sites for hydroxylation is 1. The monoisotopic (exact) mass is 324 g/mol. The summed E-state index contributed by atoms with van der Waals surface area (Å²) in [7, 11) is 0. The second-order valence-electron chi connectivity index (χ2n) is 4.91. The van der Waals surface area contributed by atoms with E-state index in [4.69, 9.17) is 11.6 Å². The molecule has 1 unspecified atom stereocenters. The Bertz CT molecular complexity index is 767. The molecule has 1 heterocycles. The highest BCUT2D eigenvalue weighted by Gasteiger charge is 2.18. The summed E-state index contributed by atoms with van der Waals surface area (Å²) in [6, 6.07) is 7.29. The molecular weight excluding hydrogens is 308 g/mol. The van der Waals surface area contributed by atoms with E-state index in [0.717, 1.165) is 11.1 Å².